The molecule has 90 valence electrons. The highest BCUT2D eigenvalue weighted by molar-refractivity contribution is 6.14. The molecule has 1 aromatic rings. The predicted molar refractivity (Wildman–Crippen MR) is 60.7 cm³/mol. The second-order valence-corrected chi connectivity index (χ2v) is 3.49. The molecule has 0 unspecified atom stereocenters. The number of carbonyl (C=O) groups is 1. The summed E-state index contributed by atoms with van der Waals surface area (Å²) in [5.41, 5.74) is 0.430. The third-order valence-corrected chi connectivity index (χ3v) is 2.43. The number of benzene rings is 1. The fourth-order valence-electron chi connectivity index (χ4n) is 1.57. The zero-order valence-electron chi connectivity index (χ0n) is 9.36. The third kappa shape index (κ3) is 2.04. The van der Waals surface area contributed by atoms with Crippen LogP contribution in [0.2, 0.25) is 0 Å². The van der Waals surface area contributed by atoms with Gasteiger partial charge in [0.15, 0.2) is 11.5 Å². The number of fused-ring (bicyclic) bond motifs is 1. The van der Waals surface area contributed by atoms with E-state index in [2.05, 4.69) is 6.58 Å². The van der Waals surface area contributed by atoms with Crippen LogP contribution >= 0.6 is 0 Å². The van der Waals surface area contributed by atoms with Crippen molar-refractivity contribution in [1.82, 2.24) is 0 Å². The number of carboxylic acids is 1. The molecule has 1 aliphatic rings. The average Bonchev–Trinajstić information content (AvgIpc) is 2.36. The standard InChI is InChI=1S/C12H12O5/c1-7(12(13)14)8-5-9(15-2)11-10(6-8)16-3-4-17-11/h5-6H,1,3-4H2,2H3,(H,13,14). The number of hydrogen-bond acceptors (Lipinski definition) is 4. The van der Waals surface area contributed by atoms with Gasteiger partial charge in [-0.25, -0.2) is 4.79 Å². The van der Waals surface area contributed by atoms with E-state index in [4.69, 9.17) is 19.3 Å². The molecule has 1 heterocycles. The Bertz CT molecular complexity index is 461. The first-order chi connectivity index (χ1) is 8.13. The largest absolute Gasteiger partial charge is 0.493 e. The van der Waals surface area contributed by atoms with Crippen molar-refractivity contribution in [1.29, 1.82) is 0 Å². The van der Waals surface area contributed by atoms with Crippen molar-refractivity contribution in [3.8, 4) is 17.2 Å². The van der Waals surface area contributed by atoms with Crippen LogP contribution in [0.1, 0.15) is 5.56 Å². The lowest BCUT2D eigenvalue weighted by Gasteiger charge is -2.21. The summed E-state index contributed by atoms with van der Waals surface area (Å²) in [7, 11) is 1.49. The van der Waals surface area contributed by atoms with Crippen molar-refractivity contribution < 1.29 is 24.1 Å². The smallest absolute Gasteiger partial charge is 0.335 e. The summed E-state index contributed by atoms with van der Waals surface area (Å²) >= 11 is 0. The Kier molecular flexibility index (Phi) is 2.91. The zero-order valence-corrected chi connectivity index (χ0v) is 9.36. The summed E-state index contributed by atoms with van der Waals surface area (Å²) < 4.78 is 16.0. The monoisotopic (exact) mass is 236 g/mol. The van der Waals surface area contributed by atoms with Gasteiger partial charge in [-0.1, -0.05) is 6.58 Å². The first-order valence-corrected chi connectivity index (χ1v) is 5.03. The van der Waals surface area contributed by atoms with Gasteiger partial charge < -0.3 is 19.3 Å². The van der Waals surface area contributed by atoms with Crippen molar-refractivity contribution in [3.63, 3.8) is 0 Å². The molecule has 0 fully saturated rings. The Morgan fingerprint density at radius 3 is 2.76 bits per heavy atom. The van der Waals surface area contributed by atoms with E-state index in [1.165, 1.54) is 7.11 Å². The molecule has 1 aromatic carbocycles. The lowest BCUT2D eigenvalue weighted by Crippen LogP contribution is -2.16. The Hall–Kier alpha value is -2.17. The van der Waals surface area contributed by atoms with Gasteiger partial charge in [-0.3, -0.25) is 0 Å². The highest BCUT2D eigenvalue weighted by Crippen LogP contribution is 2.41. The topological polar surface area (TPSA) is 65.0 Å². The normalized spacial score (nSPS) is 13.0. The highest BCUT2D eigenvalue weighted by atomic mass is 16.6. The molecule has 0 aromatic heterocycles. The van der Waals surface area contributed by atoms with Crippen LogP contribution in [0.15, 0.2) is 18.7 Å². The van der Waals surface area contributed by atoms with E-state index in [1.54, 1.807) is 12.1 Å². The lowest BCUT2D eigenvalue weighted by molar-refractivity contribution is -0.130. The number of methoxy groups -OCH3 is 1. The summed E-state index contributed by atoms with van der Waals surface area (Å²) in [6.45, 7) is 4.37. The molecule has 0 spiro atoms. The predicted octanol–water partition coefficient (Wildman–Crippen LogP) is 1.56. The van der Waals surface area contributed by atoms with Crippen molar-refractivity contribution in [2.24, 2.45) is 0 Å². The van der Waals surface area contributed by atoms with Crippen molar-refractivity contribution in [3.05, 3.63) is 24.3 Å². The van der Waals surface area contributed by atoms with Gasteiger partial charge in [0.2, 0.25) is 5.75 Å². The molecule has 5 heteroatoms. The van der Waals surface area contributed by atoms with Gasteiger partial charge in [0.25, 0.3) is 0 Å². The minimum absolute atomic E-state index is 0.0136. The third-order valence-electron chi connectivity index (χ3n) is 2.43. The molecule has 0 saturated heterocycles. The van der Waals surface area contributed by atoms with E-state index in [-0.39, 0.29) is 5.57 Å². The van der Waals surface area contributed by atoms with Gasteiger partial charge in [0.1, 0.15) is 13.2 Å². The Balaban J connectivity index is 2.49. The number of aliphatic carboxylic acids is 1. The Morgan fingerprint density at radius 1 is 1.41 bits per heavy atom. The Labute approximate surface area is 98.2 Å². The minimum Gasteiger partial charge on any atom is -0.493 e. The maximum Gasteiger partial charge on any atom is 0.335 e. The van der Waals surface area contributed by atoms with E-state index >= 15 is 0 Å². The molecule has 17 heavy (non-hydrogen) atoms. The quantitative estimate of drug-likeness (QED) is 0.807. The molecule has 0 aliphatic carbocycles. The van der Waals surface area contributed by atoms with E-state index < -0.39 is 5.97 Å². The summed E-state index contributed by atoms with van der Waals surface area (Å²) in [5.74, 6) is 0.344. The van der Waals surface area contributed by atoms with Gasteiger partial charge in [-0.05, 0) is 17.7 Å². The number of hydrogen-bond donors (Lipinski definition) is 1. The van der Waals surface area contributed by atoms with Crippen LogP contribution in [0.3, 0.4) is 0 Å². The van der Waals surface area contributed by atoms with Crippen LogP contribution in [0, 0.1) is 0 Å². The molecular formula is C12H12O5. The zero-order chi connectivity index (χ0) is 12.4. The van der Waals surface area contributed by atoms with Crippen LogP contribution in [-0.2, 0) is 4.79 Å². The molecule has 1 aliphatic heterocycles. The van der Waals surface area contributed by atoms with E-state index in [0.29, 0.717) is 36.0 Å². The van der Waals surface area contributed by atoms with Gasteiger partial charge in [-0.15, -0.1) is 0 Å². The molecule has 0 radical (unpaired) electrons. The van der Waals surface area contributed by atoms with Crippen molar-refractivity contribution >= 4 is 11.5 Å². The summed E-state index contributed by atoms with van der Waals surface area (Å²) in [4.78, 5) is 10.9. The fourth-order valence-corrected chi connectivity index (χ4v) is 1.57. The van der Waals surface area contributed by atoms with E-state index in [1.807, 2.05) is 0 Å². The van der Waals surface area contributed by atoms with Gasteiger partial charge in [0, 0.05) is 0 Å². The molecule has 0 atom stereocenters. The molecule has 0 saturated carbocycles. The van der Waals surface area contributed by atoms with Crippen LogP contribution in [0.5, 0.6) is 17.2 Å². The number of rotatable bonds is 3. The average molecular weight is 236 g/mol. The van der Waals surface area contributed by atoms with Crippen LogP contribution in [0.4, 0.5) is 0 Å². The second kappa shape index (κ2) is 4.37. The summed E-state index contributed by atoms with van der Waals surface area (Å²) in [6, 6.07) is 3.16. The molecule has 1 N–H and O–H groups in total. The first kappa shape index (κ1) is 11.3. The highest BCUT2D eigenvalue weighted by Gasteiger charge is 2.20. The first-order valence-electron chi connectivity index (χ1n) is 5.03. The number of carboxylic acid groups (broad SMARTS) is 1. The number of ether oxygens (including phenoxy) is 3. The molecular weight excluding hydrogens is 224 g/mol. The summed E-state index contributed by atoms with van der Waals surface area (Å²) in [5, 5.41) is 8.89. The van der Waals surface area contributed by atoms with E-state index in [9.17, 15) is 4.79 Å². The summed E-state index contributed by atoms with van der Waals surface area (Å²) in [6.07, 6.45) is 0. The van der Waals surface area contributed by atoms with Crippen LogP contribution in [-0.4, -0.2) is 31.4 Å². The Morgan fingerprint density at radius 2 is 2.12 bits per heavy atom. The fraction of sp³-hybridized carbons (Fsp3) is 0.250. The molecule has 5 nitrogen and oxygen atoms in total. The van der Waals surface area contributed by atoms with Gasteiger partial charge >= 0.3 is 5.97 Å². The van der Waals surface area contributed by atoms with Gasteiger partial charge in [0.05, 0.1) is 12.7 Å². The van der Waals surface area contributed by atoms with E-state index in [0.717, 1.165) is 0 Å². The SMILES string of the molecule is C=C(C(=O)O)c1cc(OC)c2c(c1)OCCO2. The minimum atomic E-state index is -1.08. The van der Waals surface area contributed by atoms with Gasteiger partial charge in [-0.2, -0.15) is 0 Å². The van der Waals surface area contributed by atoms with Crippen molar-refractivity contribution in [2.45, 2.75) is 0 Å². The molecule has 0 bridgehead atoms. The van der Waals surface area contributed by atoms with Crippen LogP contribution in [0.25, 0.3) is 5.57 Å². The second-order valence-electron chi connectivity index (χ2n) is 3.49. The molecule has 0 amide bonds. The maximum atomic E-state index is 10.9. The molecule has 2 rings (SSSR count). The lowest BCUT2D eigenvalue weighted by atomic mass is 10.1. The van der Waals surface area contributed by atoms with Crippen molar-refractivity contribution in [2.75, 3.05) is 20.3 Å². The van der Waals surface area contributed by atoms with Crippen LogP contribution < -0.4 is 14.2 Å². The maximum absolute atomic E-state index is 10.9.